The van der Waals surface area contributed by atoms with Crippen molar-refractivity contribution in [2.75, 3.05) is 34.3 Å². The van der Waals surface area contributed by atoms with Gasteiger partial charge in [-0.15, -0.1) is 12.4 Å². The number of hydrogen-bond acceptors (Lipinski definition) is 4. The second kappa shape index (κ2) is 10.6. The third-order valence-corrected chi connectivity index (χ3v) is 4.59. The summed E-state index contributed by atoms with van der Waals surface area (Å²) in [6.07, 6.45) is 1.84. The zero-order valence-electron chi connectivity index (χ0n) is 17.0. The molecule has 0 unspecified atom stereocenters. The van der Waals surface area contributed by atoms with Crippen LogP contribution in [0.4, 0.5) is 0 Å². The van der Waals surface area contributed by atoms with Gasteiger partial charge in [-0.3, -0.25) is 9.48 Å². The summed E-state index contributed by atoms with van der Waals surface area (Å²) >= 11 is 0. The second-order valence-electron chi connectivity index (χ2n) is 6.63. The van der Waals surface area contributed by atoms with Gasteiger partial charge in [0.1, 0.15) is 11.4 Å². The maximum absolute atomic E-state index is 13.1. The van der Waals surface area contributed by atoms with Gasteiger partial charge in [0.2, 0.25) is 0 Å². The molecule has 0 aliphatic rings. The van der Waals surface area contributed by atoms with Crippen molar-refractivity contribution < 1.29 is 9.53 Å². The Morgan fingerprint density at radius 2 is 1.83 bits per heavy atom. The van der Waals surface area contributed by atoms with Crippen molar-refractivity contribution in [3.8, 4) is 17.0 Å². The van der Waals surface area contributed by atoms with Gasteiger partial charge in [0.25, 0.3) is 5.91 Å². The Morgan fingerprint density at radius 1 is 1.14 bits per heavy atom. The molecule has 3 rings (SSSR count). The Bertz CT molecular complexity index is 910. The minimum absolute atomic E-state index is 0. The largest absolute Gasteiger partial charge is 0.497 e. The van der Waals surface area contributed by atoms with Gasteiger partial charge in [-0.25, -0.2) is 0 Å². The number of halogens is 1. The van der Waals surface area contributed by atoms with Crippen LogP contribution < -0.4 is 10.1 Å². The maximum atomic E-state index is 13.1. The van der Waals surface area contributed by atoms with Gasteiger partial charge in [0.05, 0.1) is 19.2 Å². The summed E-state index contributed by atoms with van der Waals surface area (Å²) in [6.45, 7) is 1.97. The van der Waals surface area contributed by atoms with E-state index in [-0.39, 0.29) is 18.3 Å². The van der Waals surface area contributed by atoms with Crippen LogP contribution in [0.5, 0.6) is 5.75 Å². The maximum Gasteiger partial charge on any atom is 0.257 e. The number of carbonyl (C=O) groups excluding carboxylic acids is 1. The first-order valence-electron chi connectivity index (χ1n) is 9.28. The quantitative estimate of drug-likeness (QED) is 0.614. The Labute approximate surface area is 177 Å². The highest BCUT2D eigenvalue weighted by Gasteiger charge is 2.21. The number of benzene rings is 2. The molecule has 1 heterocycles. The molecule has 0 saturated carbocycles. The number of nitrogens with zero attached hydrogens (tertiary/aromatic N) is 3. The van der Waals surface area contributed by atoms with Crippen molar-refractivity contribution >= 4 is 18.3 Å². The summed E-state index contributed by atoms with van der Waals surface area (Å²) in [5.41, 5.74) is 3.30. The van der Waals surface area contributed by atoms with Crippen LogP contribution >= 0.6 is 12.4 Å². The molecule has 0 fully saturated rings. The Kier molecular flexibility index (Phi) is 8.24. The first kappa shape index (κ1) is 22.5. The summed E-state index contributed by atoms with van der Waals surface area (Å²) in [4.78, 5) is 14.8. The van der Waals surface area contributed by atoms with E-state index in [1.807, 2.05) is 67.4 Å². The molecule has 1 aromatic heterocycles. The average molecular weight is 415 g/mol. The predicted octanol–water partition coefficient (Wildman–Crippen LogP) is 3.32. The molecule has 7 heteroatoms. The number of hydrogen-bond donors (Lipinski definition) is 1. The molecular formula is C22H27ClN4O2. The standard InChI is InChI=1S/C22H26N4O2.ClH/c1-23-13-14-25(2)22(27)20-16-26(15-17-7-5-4-6-8-17)24-21(20)18-9-11-19(28-3)12-10-18;/h4-12,16,23H,13-15H2,1-3H3;1H. The summed E-state index contributed by atoms with van der Waals surface area (Å²) in [5.74, 6) is 0.729. The van der Waals surface area contributed by atoms with E-state index in [0.717, 1.165) is 23.4 Å². The molecule has 2 aromatic carbocycles. The molecule has 1 N–H and O–H groups in total. The fourth-order valence-corrected chi connectivity index (χ4v) is 2.98. The van der Waals surface area contributed by atoms with Crippen LogP contribution in [0, 0.1) is 0 Å². The van der Waals surface area contributed by atoms with Gasteiger partial charge in [0, 0.05) is 31.9 Å². The van der Waals surface area contributed by atoms with Crippen LogP contribution in [0.15, 0.2) is 60.8 Å². The first-order chi connectivity index (χ1) is 13.6. The van der Waals surface area contributed by atoms with Crippen LogP contribution in [-0.4, -0.2) is 54.9 Å². The average Bonchev–Trinajstić information content (AvgIpc) is 3.15. The fraction of sp³-hybridized carbons (Fsp3) is 0.273. The molecule has 0 aliphatic heterocycles. The van der Waals surface area contributed by atoms with Gasteiger partial charge in [-0.2, -0.15) is 5.10 Å². The molecule has 0 bridgehead atoms. The van der Waals surface area contributed by atoms with Gasteiger partial charge in [-0.05, 0) is 36.9 Å². The van der Waals surface area contributed by atoms with Crippen LogP contribution in [0.2, 0.25) is 0 Å². The minimum Gasteiger partial charge on any atom is -0.497 e. The molecule has 29 heavy (non-hydrogen) atoms. The molecule has 0 spiro atoms. The normalized spacial score (nSPS) is 10.3. The first-order valence-corrected chi connectivity index (χ1v) is 9.28. The van der Waals surface area contributed by atoms with E-state index in [1.54, 1.807) is 12.0 Å². The molecule has 0 aliphatic carbocycles. The number of carbonyl (C=O) groups is 1. The number of nitrogens with one attached hydrogen (secondary N) is 1. The smallest absolute Gasteiger partial charge is 0.257 e. The molecule has 0 radical (unpaired) electrons. The third kappa shape index (κ3) is 5.59. The van der Waals surface area contributed by atoms with Gasteiger partial charge >= 0.3 is 0 Å². The van der Waals surface area contributed by atoms with Crippen LogP contribution in [-0.2, 0) is 6.54 Å². The number of amides is 1. The Hall–Kier alpha value is -2.83. The highest BCUT2D eigenvalue weighted by molar-refractivity contribution is 5.99. The molecular weight excluding hydrogens is 388 g/mol. The molecule has 3 aromatic rings. The van der Waals surface area contributed by atoms with E-state index in [9.17, 15) is 4.79 Å². The lowest BCUT2D eigenvalue weighted by molar-refractivity contribution is 0.0797. The lowest BCUT2D eigenvalue weighted by Gasteiger charge is -2.16. The zero-order valence-corrected chi connectivity index (χ0v) is 17.8. The number of methoxy groups -OCH3 is 1. The molecule has 6 nitrogen and oxygen atoms in total. The van der Waals surface area contributed by atoms with Crippen LogP contribution in [0.3, 0.4) is 0 Å². The molecule has 0 atom stereocenters. The highest BCUT2D eigenvalue weighted by atomic mass is 35.5. The van der Waals surface area contributed by atoms with Crippen molar-refractivity contribution in [3.63, 3.8) is 0 Å². The summed E-state index contributed by atoms with van der Waals surface area (Å²) in [7, 11) is 5.32. The molecule has 0 saturated heterocycles. The van der Waals surface area contributed by atoms with E-state index >= 15 is 0 Å². The van der Waals surface area contributed by atoms with Crippen molar-refractivity contribution in [1.82, 2.24) is 20.0 Å². The molecule has 1 amide bonds. The number of ether oxygens (including phenoxy) is 1. The van der Waals surface area contributed by atoms with E-state index in [2.05, 4.69) is 17.4 Å². The monoisotopic (exact) mass is 414 g/mol. The highest BCUT2D eigenvalue weighted by Crippen LogP contribution is 2.25. The number of likely N-dealkylation sites (N-methyl/N-ethyl adjacent to an activating group) is 2. The third-order valence-electron chi connectivity index (χ3n) is 4.59. The summed E-state index contributed by atoms with van der Waals surface area (Å²) in [5, 5.41) is 7.80. The van der Waals surface area contributed by atoms with Crippen LogP contribution in [0.1, 0.15) is 15.9 Å². The van der Waals surface area contributed by atoms with E-state index < -0.39 is 0 Å². The fourth-order valence-electron chi connectivity index (χ4n) is 2.98. The predicted molar refractivity (Wildman–Crippen MR) is 118 cm³/mol. The van der Waals surface area contributed by atoms with Crippen LogP contribution in [0.25, 0.3) is 11.3 Å². The van der Waals surface area contributed by atoms with Crippen molar-refractivity contribution in [2.24, 2.45) is 0 Å². The number of aromatic nitrogens is 2. The van der Waals surface area contributed by atoms with E-state index in [0.29, 0.717) is 24.3 Å². The Morgan fingerprint density at radius 3 is 2.45 bits per heavy atom. The summed E-state index contributed by atoms with van der Waals surface area (Å²) in [6, 6.07) is 17.7. The van der Waals surface area contributed by atoms with Gasteiger partial charge < -0.3 is 15.0 Å². The topological polar surface area (TPSA) is 59.4 Å². The van der Waals surface area contributed by atoms with Gasteiger partial charge in [-0.1, -0.05) is 30.3 Å². The SMILES string of the molecule is CNCCN(C)C(=O)c1cn(Cc2ccccc2)nc1-c1ccc(OC)cc1.Cl. The minimum atomic E-state index is -0.0413. The number of rotatable bonds is 8. The summed E-state index contributed by atoms with van der Waals surface area (Å²) < 4.78 is 7.07. The lowest BCUT2D eigenvalue weighted by atomic mass is 10.1. The van der Waals surface area contributed by atoms with Crippen molar-refractivity contribution in [3.05, 3.63) is 71.9 Å². The van der Waals surface area contributed by atoms with Gasteiger partial charge in [0.15, 0.2) is 0 Å². The molecule has 154 valence electrons. The van der Waals surface area contributed by atoms with E-state index in [1.165, 1.54) is 0 Å². The second-order valence-corrected chi connectivity index (χ2v) is 6.63. The lowest BCUT2D eigenvalue weighted by Crippen LogP contribution is -2.32. The zero-order chi connectivity index (χ0) is 19.9. The van der Waals surface area contributed by atoms with Crippen molar-refractivity contribution in [1.29, 1.82) is 0 Å². The van der Waals surface area contributed by atoms with E-state index in [4.69, 9.17) is 9.84 Å². The van der Waals surface area contributed by atoms with Crippen molar-refractivity contribution in [2.45, 2.75) is 6.54 Å². The Balaban J connectivity index is 0.00000300.